The molecule has 0 N–H and O–H groups in total. The molecule has 0 saturated heterocycles. The molecule has 0 aliphatic heterocycles. The van der Waals surface area contributed by atoms with Crippen LogP contribution in [0, 0.1) is 16.3 Å². The van der Waals surface area contributed by atoms with Crippen molar-refractivity contribution < 1.29 is 13.9 Å². The number of rotatable bonds is 1. The lowest BCUT2D eigenvalue weighted by atomic mass is 10.1. The van der Waals surface area contributed by atoms with Gasteiger partial charge in [0.15, 0.2) is 0 Å². The van der Waals surface area contributed by atoms with Crippen molar-refractivity contribution in [2.75, 3.05) is 7.11 Å². The molecule has 0 saturated carbocycles. The Morgan fingerprint density at radius 2 is 2.15 bits per heavy atom. The van der Waals surface area contributed by atoms with Crippen LogP contribution < -0.4 is 0 Å². The van der Waals surface area contributed by atoms with Crippen molar-refractivity contribution in [1.82, 2.24) is 0 Å². The van der Waals surface area contributed by atoms with Crippen molar-refractivity contribution in [1.29, 1.82) is 0 Å². The summed E-state index contributed by atoms with van der Waals surface area (Å²) >= 11 is 1.91. The molecule has 0 amide bonds. The monoisotopic (exact) mass is 294 g/mol. The third-order valence-electron chi connectivity index (χ3n) is 1.64. The Kier molecular flexibility index (Phi) is 3.24. The predicted octanol–water partition coefficient (Wildman–Crippen LogP) is 2.53. The second kappa shape index (κ2) is 4.04. The minimum Gasteiger partial charge on any atom is -0.465 e. The van der Waals surface area contributed by atoms with Gasteiger partial charge in [0.25, 0.3) is 0 Å². The van der Waals surface area contributed by atoms with Gasteiger partial charge in [0.1, 0.15) is 5.82 Å². The fourth-order valence-electron chi connectivity index (χ4n) is 1.06. The lowest BCUT2D eigenvalue weighted by Crippen LogP contribution is -2.06. The van der Waals surface area contributed by atoms with Gasteiger partial charge in [-0.1, -0.05) is 0 Å². The topological polar surface area (TPSA) is 26.3 Å². The van der Waals surface area contributed by atoms with E-state index in [2.05, 4.69) is 4.74 Å². The molecule has 1 rings (SSSR count). The molecule has 0 atom stereocenters. The van der Waals surface area contributed by atoms with E-state index >= 15 is 0 Å². The van der Waals surface area contributed by atoms with E-state index in [4.69, 9.17) is 0 Å². The first kappa shape index (κ1) is 10.4. The van der Waals surface area contributed by atoms with E-state index in [1.165, 1.54) is 19.2 Å². The van der Waals surface area contributed by atoms with Gasteiger partial charge in [0.05, 0.1) is 12.7 Å². The predicted molar refractivity (Wildman–Crippen MR) is 55.2 cm³/mol. The van der Waals surface area contributed by atoms with Gasteiger partial charge in [0, 0.05) is 3.57 Å². The summed E-state index contributed by atoms with van der Waals surface area (Å²) in [5, 5.41) is 0. The molecule has 2 nitrogen and oxygen atoms in total. The molecule has 0 aliphatic carbocycles. The molecule has 0 fully saturated rings. The largest absolute Gasteiger partial charge is 0.465 e. The summed E-state index contributed by atoms with van der Waals surface area (Å²) in [5.41, 5.74) is 1.03. The van der Waals surface area contributed by atoms with Gasteiger partial charge in [-0.15, -0.1) is 0 Å². The van der Waals surface area contributed by atoms with Crippen LogP contribution in [0.4, 0.5) is 4.39 Å². The maximum atomic E-state index is 12.8. The minimum atomic E-state index is -0.429. The van der Waals surface area contributed by atoms with Crippen molar-refractivity contribution in [3.63, 3.8) is 0 Å². The van der Waals surface area contributed by atoms with E-state index in [0.717, 1.165) is 0 Å². The molecule has 0 radical (unpaired) electrons. The van der Waals surface area contributed by atoms with E-state index in [0.29, 0.717) is 14.7 Å². The summed E-state index contributed by atoms with van der Waals surface area (Å²) in [6, 6.07) is 2.62. The van der Waals surface area contributed by atoms with Gasteiger partial charge >= 0.3 is 5.97 Å². The average molecular weight is 294 g/mol. The van der Waals surface area contributed by atoms with Gasteiger partial charge in [0.2, 0.25) is 0 Å². The molecule has 1 aromatic rings. The van der Waals surface area contributed by atoms with Crippen LogP contribution in [0.1, 0.15) is 15.9 Å². The number of carbonyl (C=O) groups excluding carboxylic acids is 1. The van der Waals surface area contributed by atoms with E-state index < -0.39 is 5.97 Å². The van der Waals surface area contributed by atoms with E-state index in [-0.39, 0.29) is 5.82 Å². The normalized spacial score (nSPS) is 9.85. The fraction of sp³-hybridized carbons (Fsp3) is 0.222. The highest BCUT2D eigenvalue weighted by Crippen LogP contribution is 2.19. The third kappa shape index (κ3) is 2.18. The van der Waals surface area contributed by atoms with Gasteiger partial charge in [-0.25, -0.2) is 9.18 Å². The van der Waals surface area contributed by atoms with Crippen LogP contribution in [0.15, 0.2) is 12.1 Å². The molecule has 0 heterocycles. The van der Waals surface area contributed by atoms with Gasteiger partial charge in [-0.2, -0.15) is 0 Å². The van der Waals surface area contributed by atoms with Crippen molar-refractivity contribution in [2.24, 2.45) is 0 Å². The molecule has 0 bridgehead atoms. The van der Waals surface area contributed by atoms with Crippen molar-refractivity contribution in [2.45, 2.75) is 6.92 Å². The average Bonchev–Trinajstić information content (AvgIpc) is 2.02. The number of ether oxygens (including phenoxy) is 1. The van der Waals surface area contributed by atoms with Crippen molar-refractivity contribution in [3.8, 4) is 0 Å². The molecule has 70 valence electrons. The Balaban J connectivity index is 3.28. The zero-order chi connectivity index (χ0) is 10.0. The Hall–Kier alpha value is -0.650. The van der Waals surface area contributed by atoms with Gasteiger partial charge in [-0.05, 0) is 47.2 Å². The minimum absolute atomic E-state index is 0.338. The molecular formula is C9H8FIO2. The summed E-state index contributed by atoms with van der Waals surface area (Å²) in [4.78, 5) is 11.2. The summed E-state index contributed by atoms with van der Waals surface area (Å²) in [5.74, 6) is -0.767. The fourth-order valence-corrected chi connectivity index (χ4v) is 2.01. The Morgan fingerprint density at radius 1 is 1.54 bits per heavy atom. The highest BCUT2D eigenvalue weighted by atomic mass is 127. The Bertz CT molecular complexity index is 326. The molecule has 0 aromatic heterocycles. The van der Waals surface area contributed by atoms with Crippen LogP contribution in [0.2, 0.25) is 0 Å². The van der Waals surface area contributed by atoms with Crippen molar-refractivity contribution >= 4 is 28.6 Å². The number of methoxy groups -OCH3 is 1. The summed E-state index contributed by atoms with van der Waals surface area (Å²) in [6.07, 6.45) is 0. The summed E-state index contributed by atoms with van der Waals surface area (Å²) in [6.45, 7) is 1.68. The second-order valence-corrected chi connectivity index (χ2v) is 3.73. The first-order valence-electron chi connectivity index (χ1n) is 3.60. The van der Waals surface area contributed by atoms with E-state index in [9.17, 15) is 9.18 Å². The standard InChI is InChI=1S/C9H8FIO2/c1-5-3-6(10)4-7(11)8(5)9(12)13-2/h3-4H,1-2H3. The molecule has 0 unspecified atom stereocenters. The smallest absolute Gasteiger partial charge is 0.339 e. The number of aryl methyl sites for hydroxylation is 1. The Labute approximate surface area is 89.2 Å². The third-order valence-corrected chi connectivity index (χ3v) is 2.49. The first-order valence-corrected chi connectivity index (χ1v) is 4.68. The van der Waals surface area contributed by atoms with E-state index in [1.54, 1.807) is 6.92 Å². The number of carbonyl (C=O) groups is 1. The summed E-state index contributed by atoms with van der Waals surface area (Å²) in [7, 11) is 1.31. The first-order chi connectivity index (χ1) is 6.06. The molecule has 0 spiro atoms. The highest BCUT2D eigenvalue weighted by Gasteiger charge is 2.14. The molecule has 13 heavy (non-hydrogen) atoms. The maximum absolute atomic E-state index is 12.8. The lowest BCUT2D eigenvalue weighted by molar-refractivity contribution is 0.0598. The zero-order valence-electron chi connectivity index (χ0n) is 7.23. The Morgan fingerprint density at radius 3 is 2.62 bits per heavy atom. The van der Waals surface area contributed by atoms with Crippen LogP contribution in [0.3, 0.4) is 0 Å². The van der Waals surface area contributed by atoms with E-state index in [1.807, 2.05) is 22.6 Å². The van der Waals surface area contributed by atoms with Gasteiger partial charge < -0.3 is 4.74 Å². The van der Waals surface area contributed by atoms with Crippen LogP contribution in [-0.4, -0.2) is 13.1 Å². The van der Waals surface area contributed by atoms with Crippen molar-refractivity contribution in [3.05, 3.63) is 32.6 Å². The molecule has 4 heteroatoms. The summed E-state index contributed by atoms with van der Waals surface area (Å²) < 4.78 is 18.0. The number of halogens is 2. The SMILES string of the molecule is COC(=O)c1c(C)cc(F)cc1I. The molecule has 1 aromatic carbocycles. The van der Waals surface area contributed by atoms with Crippen LogP contribution in [0.5, 0.6) is 0 Å². The molecular weight excluding hydrogens is 286 g/mol. The molecule has 0 aliphatic rings. The number of hydrogen-bond donors (Lipinski definition) is 0. The lowest BCUT2D eigenvalue weighted by Gasteiger charge is -2.05. The van der Waals surface area contributed by atoms with Crippen LogP contribution >= 0.6 is 22.6 Å². The number of esters is 1. The van der Waals surface area contributed by atoms with Gasteiger partial charge in [-0.3, -0.25) is 0 Å². The quantitative estimate of drug-likeness (QED) is 0.587. The van der Waals surface area contributed by atoms with Crippen LogP contribution in [-0.2, 0) is 4.74 Å². The maximum Gasteiger partial charge on any atom is 0.339 e. The number of hydrogen-bond acceptors (Lipinski definition) is 2. The van der Waals surface area contributed by atoms with Crippen LogP contribution in [0.25, 0.3) is 0 Å². The highest BCUT2D eigenvalue weighted by molar-refractivity contribution is 14.1. The second-order valence-electron chi connectivity index (χ2n) is 2.57. The number of benzene rings is 1. The zero-order valence-corrected chi connectivity index (χ0v) is 9.38.